The van der Waals surface area contributed by atoms with Gasteiger partial charge in [0.2, 0.25) is 0 Å². The molecule has 0 radical (unpaired) electrons. The lowest BCUT2D eigenvalue weighted by Gasteiger charge is -2.19. The van der Waals surface area contributed by atoms with Gasteiger partial charge in [-0.1, -0.05) is 17.7 Å². The minimum absolute atomic E-state index is 0.361. The van der Waals surface area contributed by atoms with Crippen LogP contribution in [-0.2, 0) is 4.79 Å². The number of carbonyl (C=O) groups is 1. The fraction of sp³-hybridized carbons (Fsp3) is 0.333. The summed E-state index contributed by atoms with van der Waals surface area (Å²) in [4.78, 5) is 12.8. The zero-order chi connectivity index (χ0) is 12.4. The molecular weight excluding hydrogens is 240 g/mol. The van der Waals surface area contributed by atoms with Crippen molar-refractivity contribution in [1.82, 2.24) is 0 Å². The van der Waals surface area contributed by atoms with Crippen molar-refractivity contribution in [1.29, 1.82) is 5.26 Å². The van der Waals surface area contributed by atoms with E-state index in [1.165, 1.54) is 0 Å². The Hall–Kier alpha value is -1.73. The van der Waals surface area contributed by atoms with E-state index in [0.717, 1.165) is 5.69 Å². The van der Waals surface area contributed by atoms with Crippen LogP contribution in [0, 0.1) is 17.2 Å². The minimum atomic E-state index is -0.784. The second-order valence-electron chi connectivity index (χ2n) is 4.02. The number of aliphatic carboxylic acids is 1. The van der Waals surface area contributed by atoms with Gasteiger partial charge in [0.15, 0.2) is 0 Å². The molecule has 0 saturated carbocycles. The number of nitriles is 1. The second kappa shape index (κ2) is 4.64. The first-order valence-electron chi connectivity index (χ1n) is 5.30. The molecule has 2 rings (SSSR count). The van der Waals surface area contributed by atoms with Gasteiger partial charge in [0.25, 0.3) is 0 Å². The number of halogens is 1. The lowest BCUT2D eigenvalue weighted by molar-refractivity contribution is -0.140. The summed E-state index contributed by atoms with van der Waals surface area (Å²) in [6, 6.07) is 7.30. The molecule has 1 N–H and O–H groups in total. The van der Waals surface area contributed by atoms with Crippen LogP contribution in [0.2, 0.25) is 5.02 Å². The molecule has 1 fully saturated rings. The predicted octanol–water partition coefficient (Wildman–Crippen LogP) is 2.12. The molecule has 0 spiro atoms. The number of benzene rings is 1. The maximum absolute atomic E-state index is 10.9. The van der Waals surface area contributed by atoms with Crippen LogP contribution < -0.4 is 4.90 Å². The Bertz CT molecular complexity index is 496. The topological polar surface area (TPSA) is 64.3 Å². The number of carboxylic acids is 1. The fourth-order valence-corrected chi connectivity index (χ4v) is 2.28. The Kier molecular flexibility index (Phi) is 3.21. The van der Waals surface area contributed by atoms with Gasteiger partial charge in [0, 0.05) is 13.1 Å². The summed E-state index contributed by atoms with van der Waals surface area (Å²) >= 11 is 5.94. The quantitative estimate of drug-likeness (QED) is 0.873. The van der Waals surface area contributed by atoms with Crippen molar-refractivity contribution in [2.45, 2.75) is 6.42 Å². The van der Waals surface area contributed by atoms with Gasteiger partial charge in [-0.25, -0.2) is 0 Å². The van der Waals surface area contributed by atoms with E-state index in [2.05, 4.69) is 6.07 Å². The van der Waals surface area contributed by atoms with Crippen molar-refractivity contribution in [3.05, 3.63) is 28.8 Å². The van der Waals surface area contributed by atoms with E-state index in [9.17, 15) is 4.79 Å². The van der Waals surface area contributed by atoms with Crippen LogP contribution in [0.5, 0.6) is 0 Å². The molecule has 1 saturated heterocycles. The molecule has 1 atom stereocenters. The third-order valence-corrected chi connectivity index (χ3v) is 3.30. The molecule has 1 aromatic rings. The first-order valence-corrected chi connectivity index (χ1v) is 5.67. The largest absolute Gasteiger partial charge is 0.481 e. The third kappa shape index (κ3) is 2.20. The molecule has 88 valence electrons. The molecule has 17 heavy (non-hydrogen) atoms. The average Bonchev–Trinajstić information content (AvgIpc) is 2.77. The summed E-state index contributed by atoms with van der Waals surface area (Å²) in [6.07, 6.45) is 0.604. The van der Waals surface area contributed by atoms with Gasteiger partial charge in [-0.15, -0.1) is 0 Å². The number of rotatable bonds is 2. The van der Waals surface area contributed by atoms with Gasteiger partial charge in [-0.05, 0) is 18.6 Å². The van der Waals surface area contributed by atoms with Crippen LogP contribution in [0.3, 0.4) is 0 Å². The van der Waals surface area contributed by atoms with Crippen molar-refractivity contribution in [2.24, 2.45) is 5.92 Å². The Balaban J connectivity index is 2.28. The maximum Gasteiger partial charge on any atom is 0.308 e. The van der Waals surface area contributed by atoms with E-state index in [1.807, 2.05) is 4.90 Å². The van der Waals surface area contributed by atoms with Crippen LogP contribution >= 0.6 is 11.6 Å². The summed E-state index contributed by atoms with van der Waals surface area (Å²) in [5.41, 5.74) is 1.14. The van der Waals surface area contributed by atoms with Gasteiger partial charge in [0.05, 0.1) is 22.2 Å². The van der Waals surface area contributed by atoms with E-state index in [0.29, 0.717) is 30.1 Å². The van der Waals surface area contributed by atoms with Crippen molar-refractivity contribution < 1.29 is 9.90 Å². The Labute approximate surface area is 104 Å². The normalized spacial score (nSPS) is 19.1. The van der Waals surface area contributed by atoms with Crippen LogP contribution in [0.4, 0.5) is 5.69 Å². The Morgan fingerprint density at radius 1 is 1.59 bits per heavy atom. The van der Waals surface area contributed by atoms with E-state index in [-0.39, 0.29) is 5.92 Å². The van der Waals surface area contributed by atoms with Gasteiger partial charge in [-0.3, -0.25) is 4.79 Å². The number of hydrogen-bond donors (Lipinski definition) is 1. The molecule has 5 heteroatoms. The highest BCUT2D eigenvalue weighted by atomic mass is 35.5. The van der Waals surface area contributed by atoms with Crippen LogP contribution in [0.25, 0.3) is 0 Å². The highest BCUT2D eigenvalue weighted by molar-refractivity contribution is 6.32. The smallest absolute Gasteiger partial charge is 0.308 e. The minimum Gasteiger partial charge on any atom is -0.481 e. The number of hydrogen-bond acceptors (Lipinski definition) is 3. The number of anilines is 1. The predicted molar refractivity (Wildman–Crippen MR) is 64.1 cm³/mol. The van der Waals surface area contributed by atoms with Crippen LogP contribution in [-0.4, -0.2) is 24.2 Å². The Morgan fingerprint density at radius 3 is 2.94 bits per heavy atom. The van der Waals surface area contributed by atoms with Crippen LogP contribution in [0.15, 0.2) is 18.2 Å². The number of carboxylic acid groups (broad SMARTS) is 1. The second-order valence-corrected chi connectivity index (χ2v) is 4.42. The van der Waals surface area contributed by atoms with Gasteiger partial charge >= 0.3 is 5.97 Å². The molecule has 0 bridgehead atoms. The Morgan fingerprint density at radius 2 is 2.35 bits per heavy atom. The zero-order valence-corrected chi connectivity index (χ0v) is 9.81. The summed E-state index contributed by atoms with van der Waals surface area (Å²) in [5, 5.41) is 18.4. The summed E-state index contributed by atoms with van der Waals surface area (Å²) < 4.78 is 0. The summed E-state index contributed by atoms with van der Waals surface area (Å²) in [7, 11) is 0. The summed E-state index contributed by atoms with van der Waals surface area (Å²) in [6.45, 7) is 1.08. The average molecular weight is 251 g/mol. The van der Waals surface area contributed by atoms with Crippen molar-refractivity contribution in [3.8, 4) is 6.07 Å². The zero-order valence-electron chi connectivity index (χ0n) is 9.06. The fourth-order valence-electron chi connectivity index (χ4n) is 2.07. The highest BCUT2D eigenvalue weighted by Gasteiger charge is 2.29. The molecular formula is C12H11ClN2O2. The molecule has 0 aromatic heterocycles. The van der Waals surface area contributed by atoms with Gasteiger partial charge in [-0.2, -0.15) is 5.26 Å². The first-order chi connectivity index (χ1) is 8.13. The van der Waals surface area contributed by atoms with Gasteiger partial charge in [0.1, 0.15) is 6.07 Å². The van der Waals surface area contributed by atoms with E-state index in [4.69, 9.17) is 22.0 Å². The maximum atomic E-state index is 10.9. The lowest BCUT2D eigenvalue weighted by atomic mass is 10.1. The molecule has 1 heterocycles. The summed E-state index contributed by atoms with van der Waals surface area (Å²) in [5.74, 6) is -1.14. The van der Waals surface area contributed by atoms with Gasteiger partial charge < -0.3 is 10.0 Å². The standard InChI is InChI=1S/C12H11ClN2O2/c13-10-2-1-3-11(9(10)6-14)15-5-4-8(7-15)12(16)17/h1-3,8H,4-5,7H2,(H,16,17). The SMILES string of the molecule is N#Cc1c(Cl)cccc1N1CCC(C(=O)O)C1. The van der Waals surface area contributed by atoms with Crippen molar-refractivity contribution in [2.75, 3.05) is 18.0 Å². The highest BCUT2D eigenvalue weighted by Crippen LogP contribution is 2.30. The lowest BCUT2D eigenvalue weighted by Crippen LogP contribution is -2.23. The molecule has 1 aliphatic heterocycles. The molecule has 0 amide bonds. The molecule has 1 aliphatic rings. The van der Waals surface area contributed by atoms with E-state index < -0.39 is 5.97 Å². The monoisotopic (exact) mass is 250 g/mol. The van der Waals surface area contributed by atoms with Crippen LogP contribution in [0.1, 0.15) is 12.0 Å². The van der Waals surface area contributed by atoms with E-state index in [1.54, 1.807) is 18.2 Å². The van der Waals surface area contributed by atoms with Crippen molar-refractivity contribution >= 4 is 23.3 Å². The first kappa shape index (κ1) is 11.7. The van der Waals surface area contributed by atoms with E-state index >= 15 is 0 Å². The van der Waals surface area contributed by atoms with Crippen molar-refractivity contribution in [3.63, 3.8) is 0 Å². The molecule has 1 unspecified atom stereocenters. The molecule has 4 nitrogen and oxygen atoms in total. The molecule has 0 aliphatic carbocycles. The third-order valence-electron chi connectivity index (χ3n) is 2.98. The molecule has 1 aromatic carbocycles. The number of nitrogens with zero attached hydrogens (tertiary/aromatic N) is 2.